The second kappa shape index (κ2) is 7.47. The Balaban J connectivity index is 1.78. The van der Waals surface area contributed by atoms with Gasteiger partial charge in [-0.3, -0.25) is 9.20 Å². The SMILES string of the molecule is COc1cc(-c2cc(=O)n3cc(N4CCNCC4)ccc3n2)cc(F)c1OC. The number of nitrogens with zero attached hydrogens (tertiary/aromatic N) is 3. The van der Waals surface area contributed by atoms with E-state index in [9.17, 15) is 9.18 Å². The van der Waals surface area contributed by atoms with Crippen molar-refractivity contribution in [3.05, 3.63) is 52.7 Å². The van der Waals surface area contributed by atoms with Crippen molar-refractivity contribution < 1.29 is 13.9 Å². The lowest BCUT2D eigenvalue weighted by Gasteiger charge is -2.29. The Kier molecular flexibility index (Phi) is 4.87. The minimum Gasteiger partial charge on any atom is -0.493 e. The van der Waals surface area contributed by atoms with Gasteiger partial charge in [-0.15, -0.1) is 0 Å². The van der Waals surface area contributed by atoms with Crippen LogP contribution in [-0.4, -0.2) is 49.8 Å². The predicted molar refractivity (Wildman–Crippen MR) is 105 cm³/mol. The summed E-state index contributed by atoms with van der Waals surface area (Å²) >= 11 is 0. The Bertz CT molecular complexity index is 1080. The number of halogens is 1. The van der Waals surface area contributed by atoms with Gasteiger partial charge in [0, 0.05) is 44.0 Å². The van der Waals surface area contributed by atoms with Crippen molar-refractivity contribution in [1.29, 1.82) is 0 Å². The first-order valence-corrected chi connectivity index (χ1v) is 9.02. The standard InChI is InChI=1S/C20H21FN4O3/c1-27-17-10-13(9-15(21)20(17)28-2)16-11-19(26)25-12-14(3-4-18(25)23-16)24-7-5-22-6-8-24/h3-4,9-12,22H,5-8H2,1-2H3. The molecule has 8 heteroatoms. The molecule has 0 atom stereocenters. The fourth-order valence-electron chi connectivity index (χ4n) is 3.42. The molecule has 0 amide bonds. The molecule has 3 aromatic rings. The molecule has 0 aliphatic carbocycles. The molecule has 1 aliphatic rings. The summed E-state index contributed by atoms with van der Waals surface area (Å²) in [5.74, 6) is -0.314. The Morgan fingerprint density at radius 1 is 1.11 bits per heavy atom. The van der Waals surface area contributed by atoms with Gasteiger partial charge in [0.25, 0.3) is 5.56 Å². The summed E-state index contributed by atoms with van der Waals surface area (Å²) in [7, 11) is 2.80. The smallest absolute Gasteiger partial charge is 0.258 e. The molecule has 4 rings (SSSR count). The van der Waals surface area contributed by atoms with Crippen molar-refractivity contribution in [2.75, 3.05) is 45.3 Å². The maximum Gasteiger partial charge on any atom is 0.258 e. The maximum absolute atomic E-state index is 14.3. The third kappa shape index (κ3) is 3.27. The number of rotatable bonds is 4. The number of pyridine rings is 1. The zero-order valence-electron chi connectivity index (χ0n) is 15.7. The monoisotopic (exact) mass is 384 g/mol. The van der Waals surface area contributed by atoms with Gasteiger partial charge in [-0.1, -0.05) is 0 Å². The first kappa shape index (κ1) is 18.2. The van der Waals surface area contributed by atoms with Crippen LogP contribution in [0, 0.1) is 5.82 Å². The Hall–Kier alpha value is -3.13. The Morgan fingerprint density at radius 2 is 1.89 bits per heavy atom. The van der Waals surface area contributed by atoms with Crippen molar-refractivity contribution in [2.24, 2.45) is 0 Å². The highest BCUT2D eigenvalue weighted by atomic mass is 19.1. The molecule has 0 radical (unpaired) electrons. The number of piperazine rings is 1. The molecule has 1 N–H and O–H groups in total. The summed E-state index contributed by atoms with van der Waals surface area (Å²) in [6, 6.07) is 8.05. The second-order valence-electron chi connectivity index (χ2n) is 6.53. The number of hydrogen-bond donors (Lipinski definition) is 1. The van der Waals surface area contributed by atoms with Crippen LogP contribution in [0.15, 0.2) is 41.3 Å². The van der Waals surface area contributed by atoms with Crippen molar-refractivity contribution in [3.8, 4) is 22.8 Å². The van der Waals surface area contributed by atoms with Gasteiger partial charge in [0.15, 0.2) is 17.3 Å². The topological polar surface area (TPSA) is 68.1 Å². The minimum absolute atomic E-state index is 0.0180. The van der Waals surface area contributed by atoms with Crippen LogP contribution < -0.4 is 25.2 Å². The van der Waals surface area contributed by atoms with E-state index in [1.54, 1.807) is 18.3 Å². The number of anilines is 1. The zero-order valence-corrected chi connectivity index (χ0v) is 15.7. The highest BCUT2D eigenvalue weighted by molar-refractivity contribution is 5.66. The van der Waals surface area contributed by atoms with Crippen LogP contribution in [0.5, 0.6) is 11.5 Å². The lowest BCUT2D eigenvalue weighted by molar-refractivity contribution is 0.338. The van der Waals surface area contributed by atoms with E-state index in [-0.39, 0.29) is 17.1 Å². The molecule has 0 saturated carbocycles. The molecular weight excluding hydrogens is 363 g/mol. The van der Waals surface area contributed by atoms with Gasteiger partial charge in [-0.05, 0) is 24.3 Å². The highest BCUT2D eigenvalue weighted by Crippen LogP contribution is 2.34. The van der Waals surface area contributed by atoms with Gasteiger partial charge in [-0.25, -0.2) is 9.37 Å². The lowest BCUT2D eigenvalue weighted by atomic mass is 10.1. The fraction of sp³-hybridized carbons (Fsp3) is 0.300. The van der Waals surface area contributed by atoms with Gasteiger partial charge < -0.3 is 19.7 Å². The van der Waals surface area contributed by atoms with Crippen LogP contribution in [0.1, 0.15) is 0 Å². The molecule has 1 fully saturated rings. The zero-order chi connectivity index (χ0) is 19.7. The molecule has 3 heterocycles. The molecule has 28 heavy (non-hydrogen) atoms. The van der Waals surface area contributed by atoms with E-state index >= 15 is 0 Å². The molecule has 146 valence electrons. The summed E-state index contributed by atoms with van der Waals surface area (Å²) in [6.45, 7) is 3.59. The lowest BCUT2D eigenvalue weighted by Crippen LogP contribution is -2.43. The number of benzene rings is 1. The van der Waals surface area contributed by atoms with Crippen LogP contribution in [0.25, 0.3) is 16.9 Å². The average Bonchev–Trinajstić information content (AvgIpc) is 2.73. The molecule has 0 bridgehead atoms. The molecule has 2 aromatic heterocycles. The van der Waals surface area contributed by atoms with E-state index in [1.165, 1.54) is 30.8 Å². The van der Waals surface area contributed by atoms with Crippen molar-refractivity contribution in [1.82, 2.24) is 14.7 Å². The fourth-order valence-corrected chi connectivity index (χ4v) is 3.42. The molecule has 0 unspecified atom stereocenters. The Labute approximate surface area is 161 Å². The summed E-state index contributed by atoms with van der Waals surface area (Å²) in [6.07, 6.45) is 1.80. The number of fused-ring (bicyclic) bond motifs is 1. The van der Waals surface area contributed by atoms with E-state index in [0.717, 1.165) is 31.9 Å². The van der Waals surface area contributed by atoms with Crippen LogP contribution in [0.3, 0.4) is 0 Å². The average molecular weight is 384 g/mol. The van der Waals surface area contributed by atoms with E-state index in [2.05, 4.69) is 15.2 Å². The van der Waals surface area contributed by atoms with Gasteiger partial charge in [-0.2, -0.15) is 0 Å². The van der Waals surface area contributed by atoms with Crippen molar-refractivity contribution in [3.63, 3.8) is 0 Å². The third-order valence-electron chi connectivity index (χ3n) is 4.86. The minimum atomic E-state index is -0.576. The summed E-state index contributed by atoms with van der Waals surface area (Å²) < 4.78 is 26.1. The summed E-state index contributed by atoms with van der Waals surface area (Å²) in [5, 5.41) is 3.31. The van der Waals surface area contributed by atoms with E-state index < -0.39 is 5.82 Å². The van der Waals surface area contributed by atoms with E-state index in [4.69, 9.17) is 9.47 Å². The number of nitrogens with one attached hydrogen (secondary N) is 1. The normalized spacial score (nSPS) is 14.3. The van der Waals surface area contributed by atoms with Crippen molar-refractivity contribution >= 4 is 11.3 Å². The van der Waals surface area contributed by atoms with Crippen LogP contribution in [0.4, 0.5) is 10.1 Å². The summed E-state index contributed by atoms with van der Waals surface area (Å²) in [4.78, 5) is 19.5. The number of aromatic nitrogens is 2. The van der Waals surface area contributed by atoms with E-state index in [1.807, 2.05) is 6.07 Å². The number of ether oxygens (including phenoxy) is 2. The maximum atomic E-state index is 14.3. The van der Waals surface area contributed by atoms with Gasteiger partial charge in [0.05, 0.1) is 25.6 Å². The van der Waals surface area contributed by atoms with Crippen LogP contribution >= 0.6 is 0 Å². The van der Waals surface area contributed by atoms with Gasteiger partial charge >= 0.3 is 0 Å². The van der Waals surface area contributed by atoms with Crippen LogP contribution in [0.2, 0.25) is 0 Å². The first-order valence-electron chi connectivity index (χ1n) is 9.02. The quantitative estimate of drug-likeness (QED) is 0.741. The molecule has 1 aromatic carbocycles. The molecule has 1 saturated heterocycles. The van der Waals surface area contributed by atoms with Crippen LogP contribution in [-0.2, 0) is 0 Å². The molecule has 0 spiro atoms. The van der Waals surface area contributed by atoms with Crippen molar-refractivity contribution in [2.45, 2.75) is 0 Å². The van der Waals surface area contributed by atoms with Gasteiger partial charge in [0.1, 0.15) is 5.65 Å². The predicted octanol–water partition coefficient (Wildman–Crippen LogP) is 1.93. The second-order valence-corrected chi connectivity index (χ2v) is 6.53. The highest BCUT2D eigenvalue weighted by Gasteiger charge is 2.16. The molecule has 1 aliphatic heterocycles. The number of hydrogen-bond acceptors (Lipinski definition) is 6. The first-order chi connectivity index (χ1) is 13.6. The van der Waals surface area contributed by atoms with E-state index in [0.29, 0.717) is 16.9 Å². The largest absolute Gasteiger partial charge is 0.493 e. The number of methoxy groups -OCH3 is 2. The molecule has 7 nitrogen and oxygen atoms in total. The summed E-state index contributed by atoms with van der Waals surface area (Å²) in [5.41, 5.74) is 2.06. The van der Waals surface area contributed by atoms with Gasteiger partial charge in [0.2, 0.25) is 0 Å². The Morgan fingerprint density at radius 3 is 2.61 bits per heavy atom. The third-order valence-corrected chi connectivity index (χ3v) is 4.86. The molecular formula is C20H21FN4O3.